The van der Waals surface area contributed by atoms with E-state index in [1.54, 1.807) is 12.1 Å². The van der Waals surface area contributed by atoms with Crippen molar-refractivity contribution < 1.29 is 38.6 Å². The summed E-state index contributed by atoms with van der Waals surface area (Å²) in [5.74, 6) is -0.185. The number of carbonyl (C=O) groups is 2. The lowest BCUT2D eigenvalue weighted by molar-refractivity contribution is -0.452. The Morgan fingerprint density at radius 1 is 0.875 bits per heavy atom. The van der Waals surface area contributed by atoms with Gasteiger partial charge in [-0.3, -0.25) is 4.89 Å². The smallest absolute Gasteiger partial charge is 0.494 e. The van der Waals surface area contributed by atoms with Crippen molar-refractivity contribution in [3.63, 3.8) is 0 Å². The normalized spacial score (nSPS) is 10.1. The van der Waals surface area contributed by atoms with Crippen molar-refractivity contribution in [2.45, 2.75) is 26.7 Å². The summed E-state index contributed by atoms with van der Waals surface area (Å²) < 4.78 is 15.1. The first kappa shape index (κ1) is 19.7. The maximum atomic E-state index is 11.6. The molecule has 0 aliphatic rings. The first-order valence-electron chi connectivity index (χ1n) is 7.70. The minimum Gasteiger partial charge on any atom is -0.494 e. The Morgan fingerprint density at radius 3 is 2.25 bits per heavy atom. The number of carbonyl (C=O) groups excluding carboxylic acids is 2. The SMILES string of the molecule is CCCOCCOC(=O)OOOC(=O)c1ccc(OCCC)cc1. The van der Waals surface area contributed by atoms with Gasteiger partial charge in [0.15, 0.2) is 0 Å². The molecule has 134 valence electrons. The Morgan fingerprint density at radius 2 is 1.58 bits per heavy atom. The molecule has 0 aliphatic heterocycles. The van der Waals surface area contributed by atoms with E-state index in [4.69, 9.17) is 9.47 Å². The van der Waals surface area contributed by atoms with Crippen molar-refractivity contribution in [3.05, 3.63) is 29.8 Å². The zero-order valence-electron chi connectivity index (χ0n) is 13.8. The summed E-state index contributed by atoms with van der Waals surface area (Å²) in [5, 5.41) is 4.09. The minimum absolute atomic E-state index is 0.00929. The molecule has 0 bridgehead atoms. The van der Waals surface area contributed by atoms with Gasteiger partial charge in [-0.25, -0.2) is 14.5 Å². The Hall–Kier alpha value is -2.32. The van der Waals surface area contributed by atoms with E-state index in [9.17, 15) is 9.59 Å². The van der Waals surface area contributed by atoms with Gasteiger partial charge in [0.05, 0.1) is 23.8 Å². The summed E-state index contributed by atoms with van der Waals surface area (Å²) in [7, 11) is 0. The van der Waals surface area contributed by atoms with Crippen molar-refractivity contribution >= 4 is 12.1 Å². The molecule has 1 aromatic carbocycles. The molecule has 0 radical (unpaired) electrons. The number of hydrogen-bond donors (Lipinski definition) is 0. The van der Waals surface area contributed by atoms with Gasteiger partial charge >= 0.3 is 12.1 Å². The highest BCUT2D eigenvalue weighted by Crippen LogP contribution is 2.13. The summed E-state index contributed by atoms with van der Waals surface area (Å²) >= 11 is 0. The first-order chi connectivity index (χ1) is 11.7. The largest absolute Gasteiger partial charge is 0.543 e. The predicted molar refractivity (Wildman–Crippen MR) is 82.3 cm³/mol. The van der Waals surface area contributed by atoms with Gasteiger partial charge in [0.2, 0.25) is 0 Å². The molecule has 1 aromatic rings. The van der Waals surface area contributed by atoms with Crippen LogP contribution in [0.2, 0.25) is 0 Å². The molecule has 0 saturated heterocycles. The second-order valence-corrected chi connectivity index (χ2v) is 4.61. The fraction of sp³-hybridized carbons (Fsp3) is 0.500. The zero-order valence-corrected chi connectivity index (χ0v) is 13.8. The number of hydrogen-bond acceptors (Lipinski definition) is 8. The Kier molecular flexibility index (Phi) is 9.98. The molecule has 0 heterocycles. The number of ether oxygens (including phenoxy) is 3. The van der Waals surface area contributed by atoms with E-state index in [0.717, 1.165) is 12.8 Å². The summed E-state index contributed by atoms with van der Waals surface area (Å²) in [6.45, 7) is 5.38. The van der Waals surface area contributed by atoms with E-state index in [1.165, 1.54) is 12.1 Å². The highest BCUT2D eigenvalue weighted by molar-refractivity contribution is 5.89. The van der Waals surface area contributed by atoms with Crippen LogP contribution in [0.25, 0.3) is 0 Å². The van der Waals surface area contributed by atoms with Crippen molar-refractivity contribution in [1.29, 1.82) is 0 Å². The highest BCUT2D eigenvalue weighted by Gasteiger charge is 2.12. The maximum absolute atomic E-state index is 11.6. The van der Waals surface area contributed by atoms with Gasteiger partial charge in [0, 0.05) is 6.61 Å². The van der Waals surface area contributed by atoms with Gasteiger partial charge in [-0.15, -0.1) is 0 Å². The quantitative estimate of drug-likeness (QED) is 0.262. The van der Waals surface area contributed by atoms with Crippen LogP contribution in [0.1, 0.15) is 37.0 Å². The van der Waals surface area contributed by atoms with Crippen LogP contribution in [-0.4, -0.2) is 38.6 Å². The lowest BCUT2D eigenvalue weighted by atomic mass is 10.2. The third-order valence-corrected chi connectivity index (χ3v) is 2.57. The van der Waals surface area contributed by atoms with Crippen molar-refractivity contribution in [2.24, 2.45) is 0 Å². The maximum Gasteiger partial charge on any atom is 0.543 e. The van der Waals surface area contributed by atoms with Crippen LogP contribution in [0, 0.1) is 0 Å². The molecule has 0 fully saturated rings. The van der Waals surface area contributed by atoms with Gasteiger partial charge in [-0.05, 0) is 37.1 Å². The molecular formula is C16H22O8. The van der Waals surface area contributed by atoms with E-state index in [-0.39, 0.29) is 18.8 Å². The average molecular weight is 342 g/mol. The summed E-state index contributed by atoms with van der Waals surface area (Å²) in [5.41, 5.74) is 0.212. The standard InChI is InChI=1S/C16H22O8/c1-3-9-19-11-12-21-16(18)23-24-22-15(17)13-5-7-14(8-6-13)20-10-4-2/h5-8H,3-4,9-12H2,1-2H3. The molecule has 0 saturated carbocycles. The van der Waals surface area contributed by atoms with Crippen molar-refractivity contribution in [2.75, 3.05) is 26.4 Å². The van der Waals surface area contributed by atoms with Crippen LogP contribution < -0.4 is 4.74 Å². The fourth-order valence-corrected chi connectivity index (χ4v) is 1.49. The molecule has 0 unspecified atom stereocenters. The molecule has 0 spiro atoms. The first-order valence-corrected chi connectivity index (χ1v) is 7.70. The lowest BCUT2D eigenvalue weighted by Gasteiger charge is -2.06. The van der Waals surface area contributed by atoms with Gasteiger partial charge in [0.25, 0.3) is 0 Å². The molecular weight excluding hydrogens is 320 g/mol. The molecule has 24 heavy (non-hydrogen) atoms. The monoisotopic (exact) mass is 342 g/mol. The lowest BCUT2D eigenvalue weighted by Crippen LogP contribution is -2.14. The van der Waals surface area contributed by atoms with Crippen LogP contribution in [0.5, 0.6) is 5.75 Å². The van der Waals surface area contributed by atoms with Crippen molar-refractivity contribution in [3.8, 4) is 5.75 Å². The van der Waals surface area contributed by atoms with E-state index in [0.29, 0.717) is 19.0 Å². The molecule has 8 nitrogen and oxygen atoms in total. The molecule has 0 N–H and O–H groups in total. The predicted octanol–water partition coefficient (Wildman–Crippen LogP) is 3.06. The van der Waals surface area contributed by atoms with Gasteiger partial charge in [-0.2, -0.15) is 0 Å². The van der Waals surface area contributed by atoms with E-state index in [2.05, 4.69) is 19.6 Å². The van der Waals surface area contributed by atoms with Gasteiger partial charge in [-0.1, -0.05) is 13.8 Å². The van der Waals surface area contributed by atoms with Crippen LogP contribution in [-0.2, 0) is 24.3 Å². The van der Waals surface area contributed by atoms with E-state index in [1.807, 2.05) is 13.8 Å². The third-order valence-electron chi connectivity index (χ3n) is 2.57. The topological polar surface area (TPSA) is 89.5 Å². The second-order valence-electron chi connectivity index (χ2n) is 4.61. The fourth-order valence-electron chi connectivity index (χ4n) is 1.49. The molecule has 0 amide bonds. The van der Waals surface area contributed by atoms with Crippen LogP contribution in [0.3, 0.4) is 0 Å². The Bertz CT molecular complexity index is 485. The summed E-state index contributed by atoms with van der Waals surface area (Å²) in [6, 6.07) is 6.25. The van der Waals surface area contributed by atoms with Crippen LogP contribution in [0.4, 0.5) is 4.79 Å². The highest BCUT2D eigenvalue weighted by atomic mass is 17.5. The number of benzene rings is 1. The van der Waals surface area contributed by atoms with E-state index < -0.39 is 12.1 Å². The third kappa shape index (κ3) is 8.35. The molecule has 0 aliphatic carbocycles. The Labute approximate surface area is 140 Å². The van der Waals surface area contributed by atoms with E-state index >= 15 is 0 Å². The molecule has 8 heteroatoms. The summed E-state index contributed by atoms with van der Waals surface area (Å²) in [6.07, 6.45) is 0.622. The van der Waals surface area contributed by atoms with Crippen molar-refractivity contribution in [1.82, 2.24) is 0 Å². The average Bonchev–Trinajstić information content (AvgIpc) is 2.60. The zero-order chi connectivity index (χ0) is 17.6. The molecule has 0 aromatic heterocycles. The number of rotatable bonds is 11. The minimum atomic E-state index is -1.13. The van der Waals surface area contributed by atoms with Gasteiger partial charge < -0.3 is 14.2 Å². The Balaban J connectivity index is 2.19. The van der Waals surface area contributed by atoms with Crippen LogP contribution in [0.15, 0.2) is 24.3 Å². The second kappa shape index (κ2) is 12.1. The van der Waals surface area contributed by atoms with Gasteiger partial charge in [0.1, 0.15) is 12.4 Å². The summed E-state index contributed by atoms with van der Waals surface area (Å²) in [4.78, 5) is 31.2. The molecule has 0 atom stereocenters. The molecule has 1 rings (SSSR count). The van der Waals surface area contributed by atoms with Crippen LogP contribution >= 0.6 is 0 Å².